The number of hydrogen-bond donors (Lipinski definition) is 0. The number of para-hydroxylation sites is 1. The Morgan fingerprint density at radius 2 is 2.13 bits per heavy atom. The van der Waals surface area contributed by atoms with E-state index in [4.69, 9.17) is 0 Å². The molecule has 0 aliphatic rings. The van der Waals surface area contributed by atoms with Crippen molar-refractivity contribution in [3.05, 3.63) is 24.3 Å². The summed E-state index contributed by atoms with van der Waals surface area (Å²) in [6.45, 7) is 3.88. The molecular formula is C10H13N3OS. The van der Waals surface area contributed by atoms with Gasteiger partial charge in [-0.25, -0.2) is 4.68 Å². The minimum atomic E-state index is -0.897. The summed E-state index contributed by atoms with van der Waals surface area (Å²) < 4.78 is 13.4. The van der Waals surface area contributed by atoms with Gasteiger partial charge in [-0.1, -0.05) is 31.2 Å². The fourth-order valence-corrected chi connectivity index (χ4v) is 2.01. The zero-order chi connectivity index (χ0) is 10.8. The molecule has 4 nitrogen and oxygen atoms in total. The van der Waals surface area contributed by atoms with Crippen molar-refractivity contribution < 1.29 is 4.21 Å². The Morgan fingerprint density at radius 3 is 2.87 bits per heavy atom. The van der Waals surface area contributed by atoms with Gasteiger partial charge in [-0.3, -0.25) is 4.21 Å². The lowest BCUT2D eigenvalue weighted by Gasteiger charge is -2.05. The van der Waals surface area contributed by atoms with Crippen LogP contribution < -0.4 is 0 Å². The van der Waals surface area contributed by atoms with Crippen molar-refractivity contribution in [1.29, 1.82) is 0 Å². The third-order valence-electron chi connectivity index (χ3n) is 2.20. The van der Waals surface area contributed by atoms with Gasteiger partial charge in [-0.15, -0.1) is 5.10 Å². The van der Waals surface area contributed by atoms with Crippen molar-refractivity contribution in [2.45, 2.75) is 25.0 Å². The van der Waals surface area contributed by atoms with Crippen molar-refractivity contribution in [1.82, 2.24) is 15.0 Å². The highest BCUT2D eigenvalue weighted by Crippen LogP contribution is 2.10. The molecule has 2 rings (SSSR count). The third kappa shape index (κ3) is 2.07. The lowest BCUT2D eigenvalue weighted by Crippen LogP contribution is -2.13. The van der Waals surface area contributed by atoms with E-state index in [-0.39, 0.29) is 5.25 Å². The average molecular weight is 223 g/mol. The molecule has 1 unspecified atom stereocenters. The topological polar surface area (TPSA) is 47.8 Å². The standard InChI is InChI=1S/C10H13N3OS/c1-8(2)15(14)7-13-10-6-4-3-5-9(10)11-12-13/h3-6,8H,7H2,1-2H3. The minimum Gasteiger partial charge on any atom is -0.257 e. The van der Waals surface area contributed by atoms with E-state index in [2.05, 4.69) is 10.3 Å². The van der Waals surface area contributed by atoms with Crippen LogP contribution in [0, 0.1) is 0 Å². The van der Waals surface area contributed by atoms with E-state index >= 15 is 0 Å². The molecule has 0 aliphatic carbocycles. The molecule has 0 fully saturated rings. The lowest BCUT2D eigenvalue weighted by molar-refractivity contribution is 0.648. The quantitative estimate of drug-likeness (QED) is 0.793. The Labute approximate surface area is 90.7 Å². The number of nitrogens with zero attached hydrogens (tertiary/aromatic N) is 3. The molecule has 1 aromatic heterocycles. The van der Waals surface area contributed by atoms with Gasteiger partial charge in [0, 0.05) is 16.0 Å². The summed E-state index contributed by atoms with van der Waals surface area (Å²) in [5.74, 6) is 0.415. The first-order valence-electron chi connectivity index (χ1n) is 4.84. The number of aromatic nitrogens is 3. The van der Waals surface area contributed by atoms with Gasteiger partial charge >= 0.3 is 0 Å². The van der Waals surface area contributed by atoms with Crippen molar-refractivity contribution >= 4 is 21.8 Å². The fourth-order valence-electron chi connectivity index (χ4n) is 1.28. The van der Waals surface area contributed by atoms with Crippen LogP contribution in [0.2, 0.25) is 0 Å². The zero-order valence-electron chi connectivity index (χ0n) is 8.75. The van der Waals surface area contributed by atoms with E-state index in [9.17, 15) is 4.21 Å². The normalized spacial score (nSPS) is 13.5. The molecule has 15 heavy (non-hydrogen) atoms. The second-order valence-corrected chi connectivity index (χ2v) is 5.60. The highest BCUT2D eigenvalue weighted by atomic mass is 32.2. The van der Waals surface area contributed by atoms with Gasteiger partial charge in [0.05, 0.1) is 5.52 Å². The molecular weight excluding hydrogens is 210 g/mol. The van der Waals surface area contributed by atoms with Crippen molar-refractivity contribution in [3.63, 3.8) is 0 Å². The van der Waals surface area contributed by atoms with Gasteiger partial charge in [0.15, 0.2) is 0 Å². The van der Waals surface area contributed by atoms with Crippen LogP contribution in [0.25, 0.3) is 11.0 Å². The van der Waals surface area contributed by atoms with Crippen molar-refractivity contribution in [2.75, 3.05) is 0 Å². The molecule has 0 radical (unpaired) electrons. The molecule has 5 heteroatoms. The van der Waals surface area contributed by atoms with Gasteiger partial charge in [-0.05, 0) is 12.1 Å². The summed E-state index contributed by atoms with van der Waals surface area (Å²) in [7, 11) is -0.897. The third-order valence-corrected chi connectivity index (χ3v) is 3.75. The molecule has 1 atom stereocenters. The van der Waals surface area contributed by atoms with Gasteiger partial charge in [0.25, 0.3) is 0 Å². The van der Waals surface area contributed by atoms with E-state index in [1.165, 1.54) is 0 Å². The van der Waals surface area contributed by atoms with Crippen LogP contribution in [0.3, 0.4) is 0 Å². The summed E-state index contributed by atoms with van der Waals surface area (Å²) in [5.41, 5.74) is 1.78. The monoisotopic (exact) mass is 223 g/mol. The summed E-state index contributed by atoms with van der Waals surface area (Å²) >= 11 is 0. The average Bonchev–Trinajstić information content (AvgIpc) is 2.62. The maximum absolute atomic E-state index is 11.7. The predicted octanol–water partition coefficient (Wildman–Crippen LogP) is 1.55. The highest BCUT2D eigenvalue weighted by Gasteiger charge is 2.09. The number of fused-ring (bicyclic) bond motifs is 1. The fraction of sp³-hybridized carbons (Fsp3) is 0.400. The molecule has 2 aromatic rings. The van der Waals surface area contributed by atoms with E-state index in [0.29, 0.717) is 5.88 Å². The molecule has 0 saturated heterocycles. The smallest absolute Gasteiger partial charge is 0.119 e. The van der Waals surface area contributed by atoms with Gasteiger partial charge in [0.2, 0.25) is 0 Å². The number of rotatable bonds is 3. The molecule has 0 amide bonds. The predicted molar refractivity (Wildman–Crippen MR) is 60.8 cm³/mol. The first-order chi connectivity index (χ1) is 7.18. The molecule has 0 N–H and O–H groups in total. The largest absolute Gasteiger partial charge is 0.257 e. The Bertz CT molecular complexity index is 492. The summed E-state index contributed by atoms with van der Waals surface area (Å²) in [6.07, 6.45) is 0. The second kappa shape index (κ2) is 4.10. The maximum atomic E-state index is 11.7. The zero-order valence-corrected chi connectivity index (χ0v) is 9.57. The molecule has 80 valence electrons. The van der Waals surface area contributed by atoms with Crippen LogP contribution in [0.5, 0.6) is 0 Å². The van der Waals surface area contributed by atoms with E-state index in [0.717, 1.165) is 11.0 Å². The van der Waals surface area contributed by atoms with E-state index in [1.807, 2.05) is 38.1 Å². The highest BCUT2D eigenvalue weighted by molar-refractivity contribution is 7.84. The Kier molecular flexibility index (Phi) is 2.81. The molecule has 0 spiro atoms. The van der Waals surface area contributed by atoms with Crippen LogP contribution in [-0.4, -0.2) is 24.5 Å². The van der Waals surface area contributed by atoms with Crippen molar-refractivity contribution in [3.8, 4) is 0 Å². The SMILES string of the molecule is CC(C)S(=O)Cn1nnc2ccccc21. The summed E-state index contributed by atoms with van der Waals surface area (Å²) in [6, 6.07) is 7.69. The van der Waals surface area contributed by atoms with Gasteiger partial charge < -0.3 is 0 Å². The molecule has 0 bridgehead atoms. The first-order valence-corrected chi connectivity index (χ1v) is 6.22. The number of benzene rings is 1. The molecule has 0 saturated carbocycles. The van der Waals surface area contributed by atoms with Crippen LogP contribution in [0.15, 0.2) is 24.3 Å². The Balaban J connectivity index is 2.33. The van der Waals surface area contributed by atoms with Gasteiger partial charge in [-0.2, -0.15) is 0 Å². The Hall–Kier alpha value is -1.23. The van der Waals surface area contributed by atoms with Crippen molar-refractivity contribution in [2.24, 2.45) is 0 Å². The van der Waals surface area contributed by atoms with Crippen LogP contribution >= 0.6 is 0 Å². The first kappa shape index (κ1) is 10.3. The van der Waals surface area contributed by atoms with Crippen LogP contribution in [0.4, 0.5) is 0 Å². The van der Waals surface area contributed by atoms with E-state index < -0.39 is 10.8 Å². The summed E-state index contributed by atoms with van der Waals surface area (Å²) in [4.78, 5) is 0. The molecule has 1 aromatic carbocycles. The van der Waals surface area contributed by atoms with Crippen LogP contribution in [-0.2, 0) is 16.7 Å². The van der Waals surface area contributed by atoms with Crippen LogP contribution in [0.1, 0.15) is 13.8 Å². The lowest BCUT2D eigenvalue weighted by atomic mass is 10.3. The molecule has 0 aliphatic heterocycles. The minimum absolute atomic E-state index is 0.146. The van der Waals surface area contributed by atoms with Gasteiger partial charge in [0.1, 0.15) is 11.4 Å². The Morgan fingerprint density at radius 1 is 1.40 bits per heavy atom. The number of hydrogen-bond acceptors (Lipinski definition) is 3. The summed E-state index contributed by atoms with van der Waals surface area (Å²) in [5, 5.41) is 8.15. The second-order valence-electron chi connectivity index (χ2n) is 3.64. The maximum Gasteiger partial charge on any atom is 0.119 e. The van der Waals surface area contributed by atoms with E-state index in [1.54, 1.807) is 4.68 Å². The molecule has 1 heterocycles.